The van der Waals surface area contributed by atoms with E-state index in [9.17, 15) is 0 Å². The molecule has 0 aliphatic rings. The highest BCUT2D eigenvalue weighted by atomic mass is 32.1. The summed E-state index contributed by atoms with van der Waals surface area (Å²) in [6.45, 7) is 2.06. The highest BCUT2D eigenvalue weighted by Crippen LogP contribution is 2.14. The molecule has 5 heteroatoms. The number of aryl methyl sites for hydroxylation is 1. The number of nitrogens with one attached hydrogen (secondary N) is 1. The monoisotopic (exact) mass is 207 g/mol. The molecule has 0 radical (unpaired) electrons. The molecule has 1 N–H and O–H groups in total. The summed E-state index contributed by atoms with van der Waals surface area (Å²) in [5, 5.41) is 2.50. The Morgan fingerprint density at radius 1 is 1.50 bits per heavy atom. The van der Waals surface area contributed by atoms with Crippen molar-refractivity contribution in [3.05, 3.63) is 28.8 Å². The van der Waals surface area contributed by atoms with Crippen molar-refractivity contribution < 1.29 is 4.52 Å². The van der Waals surface area contributed by atoms with Gasteiger partial charge in [-0.2, -0.15) is 10.1 Å². The van der Waals surface area contributed by atoms with Gasteiger partial charge in [0.1, 0.15) is 0 Å². The summed E-state index contributed by atoms with van der Waals surface area (Å²) < 4.78 is 5.39. The highest BCUT2D eigenvalue weighted by molar-refractivity contribution is 7.71. The Bertz CT molecular complexity index is 471. The van der Waals surface area contributed by atoms with Crippen LogP contribution in [-0.4, -0.2) is 15.1 Å². The third-order valence-electron chi connectivity index (χ3n) is 1.87. The predicted octanol–water partition coefficient (Wildman–Crippen LogP) is 2.36. The van der Waals surface area contributed by atoms with Crippen LogP contribution >= 0.6 is 12.2 Å². The Labute approximate surface area is 86.0 Å². The van der Waals surface area contributed by atoms with Crippen LogP contribution in [0.3, 0.4) is 0 Å². The molecular formula is C9H9N3OS. The van der Waals surface area contributed by atoms with Gasteiger partial charge in [-0.25, -0.2) is 0 Å². The Balaban J connectivity index is 2.38. The van der Waals surface area contributed by atoms with Gasteiger partial charge in [0.15, 0.2) is 0 Å². The maximum Gasteiger partial charge on any atom is 0.257 e. The van der Waals surface area contributed by atoms with Gasteiger partial charge < -0.3 is 4.52 Å². The van der Waals surface area contributed by atoms with Crippen molar-refractivity contribution in [3.8, 4) is 11.5 Å². The van der Waals surface area contributed by atoms with E-state index in [1.165, 1.54) is 0 Å². The van der Waals surface area contributed by atoms with Gasteiger partial charge in [-0.3, -0.25) is 4.98 Å². The summed E-state index contributed by atoms with van der Waals surface area (Å²) >= 11 is 4.80. The highest BCUT2D eigenvalue weighted by Gasteiger charge is 2.03. The molecule has 4 nitrogen and oxygen atoms in total. The molecule has 0 aromatic carbocycles. The third-order valence-corrected chi connectivity index (χ3v) is 2.05. The standard InChI is InChI=1S/C9H9N3OS/c1-2-7-4-3-6(5-10-7)8-11-9(14)12-13-8/h3-5H,2H2,1H3,(H,12,14). The second-order valence-corrected chi connectivity index (χ2v) is 3.20. The van der Waals surface area contributed by atoms with Crippen LogP contribution in [0.2, 0.25) is 0 Å². The minimum absolute atomic E-state index is 0.347. The number of H-pyrrole nitrogens is 1. The molecule has 0 saturated carbocycles. The molecule has 2 aromatic rings. The maximum absolute atomic E-state index is 5.04. The fourth-order valence-electron chi connectivity index (χ4n) is 1.11. The van der Waals surface area contributed by atoms with E-state index in [-0.39, 0.29) is 0 Å². The first-order chi connectivity index (χ1) is 6.79. The Hall–Kier alpha value is -1.49. The summed E-state index contributed by atoms with van der Waals surface area (Å²) in [5.74, 6) is 0.477. The minimum Gasteiger partial charge on any atom is -0.359 e. The van der Waals surface area contributed by atoms with Crippen LogP contribution in [0.1, 0.15) is 12.6 Å². The molecule has 0 aliphatic carbocycles. The lowest BCUT2D eigenvalue weighted by molar-refractivity contribution is 0.428. The second kappa shape index (κ2) is 3.71. The number of pyridine rings is 1. The largest absolute Gasteiger partial charge is 0.359 e. The fraction of sp³-hybridized carbons (Fsp3) is 0.222. The Kier molecular flexibility index (Phi) is 2.41. The lowest BCUT2D eigenvalue weighted by atomic mass is 10.2. The van der Waals surface area contributed by atoms with Crippen molar-refractivity contribution in [1.82, 2.24) is 15.1 Å². The van der Waals surface area contributed by atoms with Crippen LogP contribution in [0.25, 0.3) is 11.5 Å². The van der Waals surface area contributed by atoms with E-state index in [0.717, 1.165) is 17.7 Å². The van der Waals surface area contributed by atoms with E-state index in [2.05, 4.69) is 22.0 Å². The third kappa shape index (κ3) is 1.72. The van der Waals surface area contributed by atoms with Gasteiger partial charge in [-0.15, -0.1) is 0 Å². The first-order valence-corrected chi connectivity index (χ1v) is 4.71. The van der Waals surface area contributed by atoms with Gasteiger partial charge in [-0.05, 0) is 30.8 Å². The maximum atomic E-state index is 5.04. The molecule has 0 atom stereocenters. The van der Waals surface area contributed by atoms with E-state index in [0.29, 0.717) is 10.7 Å². The van der Waals surface area contributed by atoms with Crippen LogP contribution < -0.4 is 0 Å². The van der Waals surface area contributed by atoms with E-state index < -0.39 is 0 Å². The first-order valence-electron chi connectivity index (χ1n) is 4.30. The molecule has 0 bridgehead atoms. The number of hydrogen-bond acceptors (Lipinski definition) is 4. The van der Waals surface area contributed by atoms with E-state index in [1.807, 2.05) is 12.1 Å². The zero-order valence-electron chi connectivity index (χ0n) is 7.65. The predicted molar refractivity (Wildman–Crippen MR) is 54.3 cm³/mol. The number of hydrogen-bond donors (Lipinski definition) is 1. The molecule has 0 amide bonds. The molecule has 0 aliphatic heterocycles. The zero-order chi connectivity index (χ0) is 9.97. The van der Waals surface area contributed by atoms with Gasteiger partial charge in [-0.1, -0.05) is 6.92 Å². The molecule has 2 aromatic heterocycles. The smallest absolute Gasteiger partial charge is 0.257 e. The first kappa shape index (κ1) is 9.08. The molecule has 14 heavy (non-hydrogen) atoms. The Morgan fingerprint density at radius 3 is 2.86 bits per heavy atom. The lowest BCUT2D eigenvalue weighted by Crippen LogP contribution is -1.86. The van der Waals surface area contributed by atoms with Crippen molar-refractivity contribution in [3.63, 3.8) is 0 Å². The number of aromatic amines is 1. The van der Waals surface area contributed by atoms with E-state index in [1.54, 1.807) is 6.20 Å². The average molecular weight is 207 g/mol. The molecule has 0 unspecified atom stereocenters. The SMILES string of the molecule is CCc1ccc(-c2nc(=S)[nH]o2)cn1. The topological polar surface area (TPSA) is 54.7 Å². The fourth-order valence-corrected chi connectivity index (χ4v) is 1.24. The van der Waals surface area contributed by atoms with Gasteiger partial charge in [0.05, 0.1) is 5.56 Å². The number of rotatable bonds is 2. The normalized spacial score (nSPS) is 10.4. The molecular weight excluding hydrogens is 198 g/mol. The molecule has 0 spiro atoms. The summed E-state index contributed by atoms with van der Waals surface area (Å²) in [6, 6.07) is 3.86. The van der Waals surface area contributed by atoms with Crippen molar-refractivity contribution in [2.75, 3.05) is 0 Å². The van der Waals surface area contributed by atoms with Crippen LogP contribution in [0, 0.1) is 4.77 Å². The number of aromatic nitrogens is 3. The minimum atomic E-state index is 0.347. The number of nitrogens with zero attached hydrogens (tertiary/aromatic N) is 2. The van der Waals surface area contributed by atoms with Gasteiger partial charge >= 0.3 is 0 Å². The van der Waals surface area contributed by atoms with Gasteiger partial charge in [0.2, 0.25) is 4.77 Å². The van der Waals surface area contributed by atoms with E-state index in [4.69, 9.17) is 16.7 Å². The van der Waals surface area contributed by atoms with E-state index >= 15 is 0 Å². The second-order valence-electron chi connectivity index (χ2n) is 2.82. The quantitative estimate of drug-likeness (QED) is 0.768. The summed E-state index contributed by atoms with van der Waals surface area (Å²) in [5.41, 5.74) is 1.87. The van der Waals surface area contributed by atoms with Crippen molar-refractivity contribution in [1.29, 1.82) is 0 Å². The van der Waals surface area contributed by atoms with Crippen molar-refractivity contribution >= 4 is 12.2 Å². The van der Waals surface area contributed by atoms with Crippen LogP contribution in [0.4, 0.5) is 0 Å². The molecule has 72 valence electrons. The van der Waals surface area contributed by atoms with Crippen LogP contribution in [0.15, 0.2) is 22.9 Å². The lowest BCUT2D eigenvalue weighted by Gasteiger charge is -1.96. The zero-order valence-corrected chi connectivity index (χ0v) is 8.47. The summed E-state index contributed by atoms with van der Waals surface area (Å²) in [6.07, 6.45) is 2.65. The molecule has 2 rings (SSSR count). The van der Waals surface area contributed by atoms with Crippen molar-refractivity contribution in [2.24, 2.45) is 0 Å². The molecule has 2 heterocycles. The molecule has 0 saturated heterocycles. The average Bonchev–Trinajstić information content (AvgIpc) is 2.65. The van der Waals surface area contributed by atoms with Crippen LogP contribution in [-0.2, 0) is 6.42 Å². The van der Waals surface area contributed by atoms with Crippen LogP contribution in [0.5, 0.6) is 0 Å². The van der Waals surface area contributed by atoms with Gasteiger partial charge in [0.25, 0.3) is 5.89 Å². The van der Waals surface area contributed by atoms with Gasteiger partial charge in [0, 0.05) is 11.9 Å². The van der Waals surface area contributed by atoms with Crippen molar-refractivity contribution in [2.45, 2.75) is 13.3 Å². The molecule has 0 fully saturated rings. The summed E-state index contributed by atoms with van der Waals surface area (Å²) in [4.78, 5) is 8.22. The Morgan fingerprint density at radius 2 is 2.36 bits per heavy atom. The summed E-state index contributed by atoms with van der Waals surface area (Å²) in [7, 11) is 0.